The number of benzene rings is 8. The van der Waals surface area contributed by atoms with E-state index in [1.165, 1.54) is 98.7 Å². The van der Waals surface area contributed by atoms with E-state index in [0.29, 0.717) is 7.25 Å². The standard InChI is InChI=1S/2C24H17.C2H6O2.Zr/c2*1-16-13-17-9-6-12-22(23(17)14-16)24-20-10-4-2-7-18(20)15-19-8-3-5-11-21(19)24;3-1-2-4;/h2*2-15H,1H3;3-4H,1-2H2;. The van der Waals surface area contributed by atoms with Gasteiger partial charge in [-0.1, -0.05) is 0 Å². The Balaban J connectivity index is 0.000000888. The van der Waals surface area contributed by atoms with Gasteiger partial charge in [-0.15, -0.1) is 0 Å². The molecule has 8 aromatic rings. The summed E-state index contributed by atoms with van der Waals surface area (Å²) in [6, 6.07) is 54.5. The molecule has 10 rings (SSSR count). The first-order valence-corrected chi connectivity index (χ1v) is 21.3. The first-order chi connectivity index (χ1) is 26.1. The number of fused-ring (bicyclic) bond motifs is 6. The van der Waals surface area contributed by atoms with E-state index in [0.717, 1.165) is 0 Å². The van der Waals surface area contributed by atoms with Gasteiger partial charge in [0, 0.05) is 0 Å². The van der Waals surface area contributed by atoms with Crippen molar-refractivity contribution in [3.8, 4) is 22.3 Å². The van der Waals surface area contributed by atoms with Crippen LogP contribution in [0.25, 0.3) is 77.5 Å². The van der Waals surface area contributed by atoms with Crippen LogP contribution in [0.3, 0.4) is 0 Å². The summed E-state index contributed by atoms with van der Waals surface area (Å²) in [6.45, 7) is 4.54. The van der Waals surface area contributed by atoms with Crippen molar-refractivity contribution in [1.82, 2.24) is 0 Å². The van der Waals surface area contributed by atoms with Crippen LogP contribution < -0.4 is 0 Å². The van der Waals surface area contributed by atoms with Gasteiger partial charge in [0.1, 0.15) is 0 Å². The SMILES string of the molecule is CC1=Cc2c(-c3c4ccccc4cc4ccccc34)cccc2[CH]1[Zr][CH]1C(C)=Cc2c(-c3c4ccccc4cc4ccccc34)cccc21.OCCO. The molecule has 53 heavy (non-hydrogen) atoms. The fourth-order valence-corrected chi connectivity index (χ4v) is 13.4. The quantitative estimate of drug-likeness (QED) is 0.171. The molecule has 2 nitrogen and oxygen atoms in total. The van der Waals surface area contributed by atoms with Gasteiger partial charge in [0.2, 0.25) is 0 Å². The Labute approximate surface area is 322 Å². The second-order valence-corrected chi connectivity index (χ2v) is 17.9. The van der Waals surface area contributed by atoms with Gasteiger partial charge >= 0.3 is 301 Å². The van der Waals surface area contributed by atoms with Crippen LogP contribution in [0.4, 0.5) is 0 Å². The van der Waals surface area contributed by atoms with E-state index in [1.54, 1.807) is 0 Å². The Hall–Kier alpha value is -4.92. The second-order valence-electron chi connectivity index (χ2n) is 14.3. The number of rotatable bonds is 5. The number of aliphatic hydroxyl groups excluding tert-OH is 2. The minimum absolute atomic E-state index is 0.125. The fraction of sp³-hybridized carbons (Fsp3) is 0.120. The molecule has 0 amide bonds. The molecule has 2 atom stereocenters. The molecule has 2 aliphatic rings. The van der Waals surface area contributed by atoms with Crippen LogP contribution in [0.15, 0.2) is 157 Å². The monoisotopic (exact) mass is 762 g/mol. The van der Waals surface area contributed by atoms with Crippen molar-refractivity contribution in [1.29, 1.82) is 0 Å². The predicted molar refractivity (Wildman–Crippen MR) is 221 cm³/mol. The summed E-state index contributed by atoms with van der Waals surface area (Å²) in [5, 5.41) is 25.8. The van der Waals surface area contributed by atoms with E-state index in [4.69, 9.17) is 10.2 Å². The topological polar surface area (TPSA) is 40.5 Å². The van der Waals surface area contributed by atoms with Gasteiger partial charge in [0.15, 0.2) is 0 Å². The Morgan fingerprint density at radius 1 is 0.434 bits per heavy atom. The normalized spacial score (nSPS) is 15.9. The Bertz CT molecular complexity index is 2470. The molecule has 3 heteroatoms. The van der Waals surface area contributed by atoms with Gasteiger partial charge in [-0.3, -0.25) is 0 Å². The van der Waals surface area contributed by atoms with Gasteiger partial charge in [-0.2, -0.15) is 0 Å². The van der Waals surface area contributed by atoms with Crippen LogP contribution in [0.2, 0.25) is 0 Å². The van der Waals surface area contributed by atoms with Crippen molar-refractivity contribution >= 4 is 55.2 Å². The minimum atomic E-state index is -1.02. The average Bonchev–Trinajstić information content (AvgIpc) is 3.70. The van der Waals surface area contributed by atoms with E-state index in [1.807, 2.05) is 0 Å². The van der Waals surface area contributed by atoms with E-state index < -0.39 is 23.2 Å². The summed E-state index contributed by atoms with van der Waals surface area (Å²) >= 11 is -1.02. The maximum absolute atomic E-state index is 7.62. The zero-order valence-corrected chi connectivity index (χ0v) is 32.4. The number of allylic oxidation sites excluding steroid dienone is 2. The molecule has 2 unspecified atom stereocenters. The summed E-state index contributed by atoms with van der Waals surface area (Å²) in [5.74, 6) is 0. The average molecular weight is 764 g/mol. The second kappa shape index (κ2) is 14.1. The first-order valence-electron chi connectivity index (χ1n) is 18.5. The van der Waals surface area contributed by atoms with Crippen molar-refractivity contribution in [2.75, 3.05) is 13.2 Å². The van der Waals surface area contributed by atoms with Crippen molar-refractivity contribution < 1.29 is 33.4 Å². The summed E-state index contributed by atoms with van der Waals surface area (Å²) in [7, 11) is 0. The van der Waals surface area contributed by atoms with Crippen molar-refractivity contribution in [3.05, 3.63) is 179 Å². The molecule has 0 saturated heterocycles. The molecule has 0 spiro atoms. The molecular formula is C50H40O2Zr. The van der Waals surface area contributed by atoms with Crippen molar-refractivity contribution in [2.24, 2.45) is 0 Å². The molecule has 0 fully saturated rings. The van der Waals surface area contributed by atoms with E-state index in [2.05, 4.69) is 172 Å². The summed E-state index contributed by atoms with van der Waals surface area (Å²) in [4.78, 5) is 0. The van der Waals surface area contributed by atoms with Crippen molar-refractivity contribution in [3.63, 3.8) is 0 Å². The van der Waals surface area contributed by atoms with Crippen molar-refractivity contribution in [2.45, 2.75) is 21.1 Å². The summed E-state index contributed by atoms with van der Waals surface area (Å²) < 4.78 is 1.09. The van der Waals surface area contributed by atoms with Crippen LogP contribution in [-0.2, 0) is 23.2 Å². The molecule has 2 N–H and O–H groups in total. The fourth-order valence-electron chi connectivity index (χ4n) is 8.76. The van der Waals surface area contributed by atoms with Gasteiger partial charge in [0.25, 0.3) is 0 Å². The molecule has 0 aliphatic heterocycles. The Morgan fingerprint density at radius 3 is 1.11 bits per heavy atom. The molecule has 8 aromatic carbocycles. The molecule has 0 aromatic heterocycles. The summed E-state index contributed by atoms with van der Waals surface area (Å²) in [5.41, 5.74) is 14.5. The minimum Gasteiger partial charge on any atom is -0.394 e. The molecule has 2 aliphatic carbocycles. The van der Waals surface area contributed by atoms with Crippen LogP contribution in [0.5, 0.6) is 0 Å². The third-order valence-corrected chi connectivity index (χ3v) is 16.5. The summed E-state index contributed by atoms with van der Waals surface area (Å²) in [6.07, 6.45) is 5.06. The largest absolute Gasteiger partial charge is 0.394 e. The van der Waals surface area contributed by atoms with Gasteiger partial charge in [-0.25, -0.2) is 0 Å². The van der Waals surface area contributed by atoms with E-state index in [-0.39, 0.29) is 13.2 Å². The maximum atomic E-state index is 7.62. The molecule has 0 heterocycles. The number of hydrogen-bond acceptors (Lipinski definition) is 2. The third-order valence-electron chi connectivity index (χ3n) is 11.1. The van der Waals surface area contributed by atoms with Crippen LogP contribution in [-0.4, -0.2) is 23.4 Å². The van der Waals surface area contributed by atoms with Crippen LogP contribution in [0, 0.1) is 0 Å². The maximum Gasteiger partial charge on any atom is 0.0662 e. The van der Waals surface area contributed by atoms with E-state index in [9.17, 15) is 0 Å². The van der Waals surface area contributed by atoms with Crippen LogP contribution >= 0.6 is 0 Å². The Morgan fingerprint density at radius 2 is 0.774 bits per heavy atom. The first kappa shape index (κ1) is 33.9. The molecule has 256 valence electrons. The zero-order valence-electron chi connectivity index (χ0n) is 30.0. The number of hydrogen-bond donors (Lipinski definition) is 2. The molecule has 0 radical (unpaired) electrons. The third kappa shape index (κ3) is 5.83. The zero-order chi connectivity index (χ0) is 36.1. The smallest absolute Gasteiger partial charge is 0.0662 e. The Kier molecular flexibility index (Phi) is 9.04. The van der Waals surface area contributed by atoms with Gasteiger partial charge in [-0.05, 0) is 0 Å². The van der Waals surface area contributed by atoms with E-state index >= 15 is 0 Å². The van der Waals surface area contributed by atoms with Gasteiger partial charge in [0.05, 0.1) is 13.2 Å². The van der Waals surface area contributed by atoms with Crippen LogP contribution in [0.1, 0.15) is 43.4 Å². The number of aliphatic hydroxyl groups is 2. The molecule has 0 saturated carbocycles. The van der Waals surface area contributed by atoms with Gasteiger partial charge < -0.3 is 10.2 Å². The molecule has 0 bridgehead atoms. The predicted octanol–water partition coefficient (Wildman–Crippen LogP) is 12.3. The molecular weight excluding hydrogens is 724 g/mol.